The Morgan fingerprint density at radius 2 is 2.26 bits per heavy atom. The van der Waals surface area contributed by atoms with E-state index >= 15 is 0 Å². The number of amides is 1. The fraction of sp³-hybridized carbons (Fsp3) is 0.533. The number of nitrogens with zero attached hydrogens (tertiary/aromatic N) is 1. The molecule has 2 rings (SSSR count). The topological polar surface area (TPSA) is 49.8 Å². The van der Waals surface area contributed by atoms with E-state index in [4.69, 9.17) is 4.74 Å². The minimum Gasteiger partial charge on any atom is -0.508 e. The Morgan fingerprint density at radius 1 is 1.47 bits per heavy atom. The quantitative estimate of drug-likeness (QED) is 0.880. The number of rotatable bonds is 5. The lowest BCUT2D eigenvalue weighted by Gasteiger charge is -2.16. The Bertz CT molecular complexity index is 459. The van der Waals surface area contributed by atoms with Gasteiger partial charge >= 0.3 is 0 Å². The first-order valence-electron chi connectivity index (χ1n) is 6.65. The van der Waals surface area contributed by atoms with Gasteiger partial charge in [0.05, 0.1) is 6.61 Å². The molecule has 4 nitrogen and oxygen atoms in total. The standard InChI is InChI=1S/C15H21NO3/c1-11-7-12(3-4-14(11)17)8-13-9-15(18)16(10-13)5-6-19-2/h3-4,7,13,17H,5-6,8-10H2,1-2H3/t13-/m1/s1. The summed E-state index contributed by atoms with van der Waals surface area (Å²) in [6.45, 7) is 3.98. The van der Waals surface area contributed by atoms with Gasteiger partial charge < -0.3 is 14.7 Å². The maximum absolute atomic E-state index is 11.8. The van der Waals surface area contributed by atoms with Gasteiger partial charge in [0.25, 0.3) is 0 Å². The first-order chi connectivity index (χ1) is 9.10. The van der Waals surface area contributed by atoms with E-state index in [-0.39, 0.29) is 5.91 Å². The maximum Gasteiger partial charge on any atom is 0.223 e. The normalized spacial score (nSPS) is 19.2. The zero-order valence-corrected chi connectivity index (χ0v) is 11.6. The number of hydrogen-bond acceptors (Lipinski definition) is 3. The molecule has 0 unspecified atom stereocenters. The van der Waals surface area contributed by atoms with E-state index in [0.29, 0.717) is 31.2 Å². The molecule has 1 atom stereocenters. The highest BCUT2D eigenvalue weighted by molar-refractivity contribution is 5.78. The predicted molar refractivity (Wildman–Crippen MR) is 73.1 cm³/mol. The van der Waals surface area contributed by atoms with Crippen LogP contribution in [0, 0.1) is 12.8 Å². The number of hydrogen-bond donors (Lipinski definition) is 1. The summed E-state index contributed by atoms with van der Waals surface area (Å²) in [6.07, 6.45) is 1.50. The zero-order chi connectivity index (χ0) is 13.8. The molecule has 0 aliphatic carbocycles. The summed E-state index contributed by atoms with van der Waals surface area (Å²) in [7, 11) is 1.65. The second kappa shape index (κ2) is 6.06. The van der Waals surface area contributed by atoms with Crippen LogP contribution in [-0.2, 0) is 16.0 Å². The molecular weight excluding hydrogens is 242 g/mol. The Morgan fingerprint density at radius 3 is 2.95 bits per heavy atom. The summed E-state index contributed by atoms with van der Waals surface area (Å²) in [4.78, 5) is 13.7. The molecule has 0 spiro atoms. The lowest BCUT2D eigenvalue weighted by atomic mass is 9.97. The van der Waals surface area contributed by atoms with Crippen molar-refractivity contribution in [3.8, 4) is 5.75 Å². The van der Waals surface area contributed by atoms with Crippen molar-refractivity contribution in [2.75, 3.05) is 26.8 Å². The molecule has 1 aliphatic heterocycles. The van der Waals surface area contributed by atoms with Crippen molar-refractivity contribution in [3.05, 3.63) is 29.3 Å². The highest BCUT2D eigenvalue weighted by Gasteiger charge is 2.29. The summed E-state index contributed by atoms with van der Waals surface area (Å²) in [6, 6.07) is 5.66. The average molecular weight is 263 g/mol. The molecule has 1 N–H and O–H groups in total. The van der Waals surface area contributed by atoms with Crippen molar-refractivity contribution >= 4 is 5.91 Å². The molecule has 1 saturated heterocycles. The fourth-order valence-electron chi connectivity index (χ4n) is 2.59. The molecule has 0 bridgehead atoms. The second-order valence-corrected chi connectivity index (χ2v) is 5.23. The lowest BCUT2D eigenvalue weighted by molar-refractivity contribution is -0.128. The van der Waals surface area contributed by atoms with E-state index in [0.717, 1.165) is 18.5 Å². The third kappa shape index (κ3) is 3.47. The number of aryl methyl sites for hydroxylation is 1. The second-order valence-electron chi connectivity index (χ2n) is 5.23. The molecule has 0 aromatic heterocycles. The van der Waals surface area contributed by atoms with E-state index in [2.05, 4.69) is 0 Å². The molecule has 104 valence electrons. The van der Waals surface area contributed by atoms with Gasteiger partial charge in [0.15, 0.2) is 0 Å². The number of likely N-dealkylation sites (tertiary alicyclic amines) is 1. The highest BCUT2D eigenvalue weighted by Crippen LogP contribution is 2.24. The Kier molecular flexibility index (Phi) is 4.43. The molecular formula is C15H21NO3. The Hall–Kier alpha value is -1.55. The number of aromatic hydroxyl groups is 1. The van der Waals surface area contributed by atoms with E-state index in [9.17, 15) is 9.90 Å². The number of carbonyl (C=O) groups is 1. The van der Waals surface area contributed by atoms with Gasteiger partial charge in [-0.05, 0) is 36.5 Å². The van der Waals surface area contributed by atoms with Crippen LogP contribution in [0.3, 0.4) is 0 Å². The van der Waals surface area contributed by atoms with Gasteiger partial charge in [-0.2, -0.15) is 0 Å². The van der Waals surface area contributed by atoms with Gasteiger partial charge in [-0.3, -0.25) is 4.79 Å². The number of ether oxygens (including phenoxy) is 1. The van der Waals surface area contributed by atoms with Gasteiger partial charge in [0.1, 0.15) is 5.75 Å². The number of methoxy groups -OCH3 is 1. The van der Waals surface area contributed by atoms with E-state index < -0.39 is 0 Å². The van der Waals surface area contributed by atoms with Gasteiger partial charge in [-0.15, -0.1) is 0 Å². The third-order valence-electron chi connectivity index (χ3n) is 3.65. The van der Waals surface area contributed by atoms with Gasteiger partial charge in [-0.1, -0.05) is 12.1 Å². The van der Waals surface area contributed by atoms with Gasteiger partial charge in [-0.25, -0.2) is 0 Å². The molecule has 0 saturated carbocycles. The van der Waals surface area contributed by atoms with Crippen LogP contribution < -0.4 is 0 Å². The first kappa shape index (κ1) is 13.9. The van der Waals surface area contributed by atoms with Gasteiger partial charge in [0, 0.05) is 26.6 Å². The van der Waals surface area contributed by atoms with Crippen molar-refractivity contribution in [1.82, 2.24) is 4.90 Å². The summed E-state index contributed by atoms with van der Waals surface area (Å²) in [5, 5.41) is 9.51. The van der Waals surface area contributed by atoms with Crippen LogP contribution in [0.5, 0.6) is 5.75 Å². The average Bonchev–Trinajstić information content (AvgIpc) is 2.72. The molecule has 1 aromatic rings. The Balaban J connectivity index is 1.93. The van der Waals surface area contributed by atoms with Crippen molar-refractivity contribution in [2.24, 2.45) is 5.92 Å². The number of phenolic OH excluding ortho intramolecular Hbond substituents is 1. The van der Waals surface area contributed by atoms with Crippen molar-refractivity contribution in [1.29, 1.82) is 0 Å². The van der Waals surface area contributed by atoms with Crippen LogP contribution in [0.4, 0.5) is 0 Å². The van der Waals surface area contributed by atoms with Crippen LogP contribution >= 0.6 is 0 Å². The van der Waals surface area contributed by atoms with Crippen molar-refractivity contribution in [3.63, 3.8) is 0 Å². The van der Waals surface area contributed by atoms with Crippen LogP contribution in [0.25, 0.3) is 0 Å². The first-order valence-corrected chi connectivity index (χ1v) is 6.65. The number of benzene rings is 1. The lowest BCUT2D eigenvalue weighted by Crippen LogP contribution is -2.28. The highest BCUT2D eigenvalue weighted by atomic mass is 16.5. The monoisotopic (exact) mass is 263 g/mol. The summed E-state index contributed by atoms with van der Waals surface area (Å²) in [5.74, 6) is 0.916. The molecule has 1 fully saturated rings. The fourth-order valence-corrected chi connectivity index (χ4v) is 2.59. The van der Waals surface area contributed by atoms with Crippen molar-refractivity contribution < 1.29 is 14.6 Å². The molecule has 1 aromatic carbocycles. The molecule has 1 aliphatic rings. The predicted octanol–water partition coefficient (Wildman–Crippen LogP) is 1.74. The summed E-state index contributed by atoms with van der Waals surface area (Å²) in [5.41, 5.74) is 2.07. The van der Waals surface area contributed by atoms with Crippen LogP contribution in [0.2, 0.25) is 0 Å². The molecule has 0 radical (unpaired) electrons. The summed E-state index contributed by atoms with van der Waals surface area (Å²) < 4.78 is 5.01. The van der Waals surface area contributed by atoms with Crippen molar-refractivity contribution in [2.45, 2.75) is 19.8 Å². The van der Waals surface area contributed by atoms with Crippen LogP contribution in [0.15, 0.2) is 18.2 Å². The van der Waals surface area contributed by atoms with E-state index in [1.165, 1.54) is 5.56 Å². The van der Waals surface area contributed by atoms with Crippen LogP contribution in [-0.4, -0.2) is 42.7 Å². The minimum absolute atomic E-state index is 0.220. The van der Waals surface area contributed by atoms with E-state index in [1.807, 2.05) is 24.0 Å². The number of carbonyl (C=O) groups excluding carboxylic acids is 1. The zero-order valence-electron chi connectivity index (χ0n) is 11.6. The van der Waals surface area contributed by atoms with Crippen LogP contribution in [0.1, 0.15) is 17.5 Å². The maximum atomic E-state index is 11.8. The van der Waals surface area contributed by atoms with Gasteiger partial charge in [0.2, 0.25) is 5.91 Å². The SMILES string of the molecule is COCCN1C[C@H](Cc2ccc(O)c(C)c2)CC1=O. The smallest absolute Gasteiger partial charge is 0.223 e. The molecule has 1 heterocycles. The summed E-state index contributed by atoms with van der Waals surface area (Å²) >= 11 is 0. The van der Waals surface area contributed by atoms with E-state index in [1.54, 1.807) is 13.2 Å². The molecule has 1 amide bonds. The Labute approximate surface area is 114 Å². The molecule has 4 heteroatoms. The largest absolute Gasteiger partial charge is 0.508 e. The third-order valence-corrected chi connectivity index (χ3v) is 3.65. The minimum atomic E-state index is 0.220. The number of phenols is 1. The molecule has 19 heavy (non-hydrogen) atoms.